The Labute approximate surface area is 168 Å². The molecule has 7 nitrogen and oxygen atoms in total. The number of rotatable bonds is 8. The SMILES string of the molecule is CCN(CC)C(=O)COc1ccc(NC(=O)c2ccc(C(N)=O)cc2)cc1Cl. The third-order valence-corrected chi connectivity index (χ3v) is 4.38. The lowest BCUT2D eigenvalue weighted by atomic mass is 10.1. The normalized spacial score (nSPS) is 10.2. The predicted molar refractivity (Wildman–Crippen MR) is 108 cm³/mol. The Hall–Kier alpha value is -3.06. The second-order valence-corrected chi connectivity index (χ2v) is 6.30. The Morgan fingerprint density at radius 2 is 1.64 bits per heavy atom. The van der Waals surface area contributed by atoms with Crippen LogP contribution < -0.4 is 15.8 Å². The van der Waals surface area contributed by atoms with Crippen molar-refractivity contribution in [2.24, 2.45) is 5.73 Å². The average Bonchev–Trinajstić information content (AvgIpc) is 2.68. The summed E-state index contributed by atoms with van der Waals surface area (Å²) in [5.41, 5.74) is 6.34. The van der Waals surface area contributed by atoms with Gasteiger partial charge in [0, 0.05) is 29.9 Å². The van der Waals surface area contributed by atoms with E-state index in [0.717, 1.165) is 0 Å². The van der Waals surface area contributed by atoms with Crippen LogP contribution in [-0.4, -0.2) is 42.3 Å². The van der Waals surface area contributed by atoms with Gasteiger partial charge in [0.2, 0.25) is 5.91 Å². The zero-order valence-electron chi connectivity index (χ0n) is 15.7. The minimum atomic E-state index is -0.561. The zero-order chi connectivity index (χ0) is 20.7. The summed E-state index contributed by atoms with van der Waals surface area (Å²) >= 11 is 6.19. The fraction of sp³-hybridized carbons (Fsp3) is 0.250. The quantitative estimate of drug-likeness (QED) is 0.707. The highest BCUT2D eigenvalue weighted by Gasteiger charge is 2.13. The molecule has 2 aromatic rings. The summed E-state index contributed by atoms with van der Waals surface area (Å²) in [6.45, 7) is 4.90. The van der Waals surface area contributed by atoms with E-state index in [-0.39, 0.29) is 23.4 Å². The Bertz CT molecular complexity index is 864. The van der Waals surface area contributed by atoms with Crippen LogP contribution in [-0.2, 0) is 4.79 Å². The summed E-state index contributed by atoms with van der Waals surface area (Å²) in [6.07, 6.45) is 0. The number of ether oxygens (including phenoxy) is 1. The highest BCUT2D eigenvalue weighted by Crippen LogP contribution is 2.28. The van der Waals surface area contributed by atoms with Gasteiger partial charge < -0.3 is 20.7 Å². The number of nitrogens with two attached hydrogens (primary N) is 1. The number of primary amides is 1. The first-order valence-electron chi connectivity index (χ1n) is 8.77. The molecule has 0 aliphatic heterocycles. The molecule has 0 aromatic heterocycles. The number of hydrogen-bond donors (Lipinski definition) is 2. The van der Waals surface area contributed by atoms with Crippen molar-refractivity contribution < 1.29 is 19.1 Å². The van der Waals surface area contributed by atoms with Gasteiger partial charge in [0.05, 0.1) is 5.02 Å². The first-order valence-corrected chi connectivity index (χ1v) is 9.14. The van der Waals surface area contributed by atoms with Crippen molar-refractivity contribution in [1.29, 1.82) is 0 Å². The number of hydrogen-bond acceptors (Lipinski definition) is 4. The van der Waals surface area contributed by atoms with Crippen LogP contribution >= 0.6 is 11.6 Å². The van der Waals surface area contributed by atoms with Crippen molar-refractivity contribution in [1.82, 2.24) is 4.90 Å². The van der Waals surface area contributed by atoms with Crippen molar-refractivity contribution in [3.05, 3.63) is 58.6 Å². The molecule has 3 N–H and O–H groups in total. The van der Waals surface area contributed by atoms with E-state index in [1.807, 2.05) is 13.8 Å². The molecule has 0 bridgehead atoms. The summed E-state index contributed by atoms with van der Waals surface area (Å²) in [5, 5.41) is 2.98. The topological polar surface area (TPSA) is 102 Å². The van der Waals surface area contributed by atoms with Crippen LogP contribution in [0.3, 0.4) is 0 Å². The monoisotopic (exact) mass is 403 g/mol. The number of amides is 3. The maximum absolute atomic E-state index is 12.3. The number of carbonyl (C=O) groups excluding carboxylic acids is 3. The molecule has 2 aromatic carbocycles. The third kappa shape index (κ3) is 5.47. The van der Waals surface area contributed by atoms with E-state index in [2.05, 4.69) is 5.32 Å². The molecular weight excluding hydrogens is 382 g/mol. The highest BCUT2D eigenvalue weighted by atomic mass is 35.5. The molecule has 0 unspecified atom stereocenters. The van der Waals surface area contributed by atoms with Crippen molar-refractivity contribution in [3.63, 3.8) is 0 Å². The fourth-order valence-corrected chi connectivity index (χ4v) is 2.73. The standard InChI is InChI=1S/C20H22ClN3O4/c1-3-24(4-2)18(25)12-28-17-10-9-15(11-16(17)21)23-20(27)14-7-5-13(6-8-14)19(22)26/h5-11H,3-4,12H2,1-2H3,(H2,22,26)(H,23,27). The van der Waals surface area contributed by atoms with Crippen LogP contribution in [0.5, 0.6) is 5.75 Å². The van der Waals surface area contributed by atoms with Crippen LogP contribution in [0.25, 0.3) is 0 Å². The number of benzene rings is 2. The largest absolute Gasteiger partial charge is 0.482 e. The van der Waals surface area contributed by atoms with E-state index in [0.29, 0.717) is 35.7 Å². The summed E-state index contributed by atoms with van der Waals surface area (Å²) < 4.78 is 5.48. The van der Waals surface area contributed by atoms with E-state index in [9.17, 15) is 14.4 Å². The lowest BCUT2D eigenvalue weighted by molar-refractivity contribution is -0.132. The number of anilines is 1. The second kappa shape index (κ2) is 9.75. The van der Waals surface area contributed by atoms with Crippen molar-refractivity contribution in [2.75, 3.05) is 25.0 Å². The van der Waals surface area contributed by atoms with Gasteiger partial charge in [-0.1, -0.05) is 11.6 Å². The first kappa shape index (κ1) is 21.2. The van der Waals surface area contributed by atoms with Gasteiger partial charge in [-0.15, -0.1) is 0 Å². The van der Waals surface area contributed by atoms with Gasteiger partial charge in [-0.2, -0.15) is 0 Å². The Kier molecular flexibility index (Phi) is 7.40. The summed E-state index contributed by atoms with van der Waals surface area (Å²) in [4.78, 5) is 37.0. The van der Waals surface area contributed by atoms with Gasteiger partial charge in [-0.3, -0.25) is 14.4 Å². The number of halogens is 1. The Morgan fingerprint density at radius 1 is 1.04 bits per heavy atom. The average molecular weight is 404 g/mol. The number of nitrogens with zero attached hydrogens (tertiary/aromatic N) is 1. The van der Waals surface area contributed by atoms with E-state index >= 15 is 0 Å². The van der Waals surface area contributed by atoms with Crippen LogP contribution in [0.1, 0.15) is 34.6 Å². The molecule has 2 rings (SSSR count). The predicted octanol–water partition coefficient (Wildman–Crippen LogP) is 2.94. The van der Waals surface area contributed by atoms with Crippen LogP contribution in [0.15, 0.2) is 42.5 Å². The highest BCUT2D eigenvalue weighted by molar-refractivity contribution is 6.32. The number of carbonyl (C=O) groups is 3. The summed E-state index contributed by atoms with van der Waals surface area (Å²) in [7, 11) is 0. The molecule has 0 radical (unpaired) electrons. The van der Waals surface area contributed by atoms with E-state index in [4.69, 9.17) is 22.1 Å². The molecule has 0 aliphatic carbocycles. The molecule has 0 saturated heterocycles. The van der Waals surface area contributed by atoms with E-state index < -0.39 is 5.91 Å². The molecule has 3 amide bonds. The molecule has 0 heterocycles. The molecule has 0 saturated carbocycles. The van der Waals surface area contributed by atoms with Gasteiger partial charge in [0.15, 0.2) is 6.61 Å². The first-order chi connectivity index (χ1) is 13.3. The molecule has 0 fully saturated rings. The lowest BCUT2D eigenvalue weighted by Crippen LogP contribution is -2.34. The van der Waals surface area contributed by atoms with E-state index in [1.54, 1.807) is 17.0 Å². The molecule has 28 heavy (non-hydrogen) atoms. The molecular formula is C20H22ClN3O4. The van der Waals surface area contributed by atoms with Crippen LogP contribution in [0.2, 0.25) is 5.02 Å². The lowest BCUT2D eigenvalue weighted by Gasteiger charge is -2.19. The smallest absolute Gasteiger partial charge is 0.260 e. The zero-order valence-corrected chi connectivity index (χ0v) is 16.5. The summed E-state index contributed by atoms with van der Waals surface area (Å²) in [6, 6.07) is 10.7. The van der Waals surface area contributed by atoms with Gasteiger partial charge in [0.25, 0.3) is 11.8 Å². The minimum absolute atomic E-state index is 0.112. The van der Waals surface area contributed by atoms with Crippen molar-refractivity contribution in [3.8, 4) is 5.75 Å². The van der Waals surface area contributed by atoms with E-state index in [1.165, 1.54) is 30.3 Å². The molecule has 148 valence electrons. The summed E-state index contributed by atoms with van der Waals surface area (Å²) in [5.74, 6) is -0.699. The number of likely N-dealkylation sites (N-methyl/N-ethyl adjacent to an activating group) is 1. The van der Waals surface area contributed by atoms with Crippen molar-refractivity contribution >= 4 is 35.0 Å². The maximum atomic E-state index is 12.3. The third-order valence-electron chi connectivity index (χ3n) is 4.09. The van der Waals surface area contributed by atoms with Gasteiger partial charge >= 0.3 is 0 Å². The second-order valence-electron chi connectivity index (χ2n) is 5.90. The minimum Gasteiger partial charge on any atom is -0.482 e. The van der Waals surface area contributed by atoms with Crippen LogP contribution in [0.4, 0.5) is 5.69 Å². The Morgan fingerprint density at radius 3 is 2.18 bits per heavy atom. The Balaban J connectivity index is 2.00. The molecule has 0 aliphatic rings. The molecule has 0 atom stereocenters. The van der Waals surface area contributed by atoms with Crippen LogP contribution in [0, 0.1) is 0 Å². The van der Waals surface area contributed by atoms with Gasteiger partial charge in [-0.25, -0.2) is 0 Å². The van der Waals surface area contributed by atoms with Gasteiger partial charge in [-0.05, 0) is 56.3 Å². The molecule has 8 heteroatoms. The van der Waals surface area contributed by atoms with Gasteiger partial charge in [0.1, 0.15) is 5.75 Å². The number of nitrogens with one attached hydrogen (secondary N) is 1. The fourth-order valence-electron chi connectivity index (χ4n) is 2.49. The maximum Gasteiger partial charge on any atom is 0.260 e. The molecule has 0 spiro atoms. The van der Waals surface area contributed by atoms with Crippen molar-refractivity contribution in [2.45, 2.75) is 13.8 Å².